The average Bonchev–Trinajstić information content (AvgIpc) is 3.61. The molecule has 2 aromatic carbocycles. The Morgan fingerprint density at radius 2 is 2.00 bits per heavy atom. The van der Waals surface area contributed by atoms with Crippen LogP contribution in [0.1, 0.15) is 49.3 Å². The standard InChI is InChI=1S/C28H32N6O2S/c1-16(2)36-24-11-8-17(14-18(24)15-29)26-31-32-27(37-26)22-7-5-6-19-20(22)9-10-21(19)25-23(33(3)4)12-13-34(25)28(30)35/h5-8,11,14,16,21,23,25H,9-10,12-13H2,1-4H3,(H2,30,35)/t21-,23?,25?/m1/s1. The van der Waals surface area contributed by atoms with Gasteiger partial charge in [0.1, 0.15) is 21.8 Å². The Kier molecular flexibility index (Phi) is 6.88. The molecule has 1 aromatic heterocycles. The first-order chi connectivity index (χ1) is 17.8. The van der Waals surface area contributed by atoms with Gasteiger partial charge in [0.25, 0.3) is 0 Å². The third kappa shape index (κ3) is 4.67. The lowest BCUT2D eigenvalue weighted by molar-refractivity contribution is 0.163. The van der Waals surface area contributed by atoms with Gasteiger partial charge in [-0.3, -0.25) is 0 Å². The lowest BCUT2D eigenvalue weighted by Gasteiger charge is -2.35. The second kappa shape index (κ2) is 10.1. The summed E-state index contributed by atoms with van der Waals surface area (Å²) < 4.78 is 5.76. The summed E-state index contributed by atoms with van der Waals surface area (Å²) in [6.07, 6.45) is 2.81. The molecule has 3 aromatic rings. The summed E-state index contributed by atoms with van der Waals surface area (Å²) in [7, 11) is 4.16. The molecule has 1 aliphatic heterocycles. The maximum atomic E-state index is 12.3. The van der Waals surface area contributed by atoms with Gasteiger partial charge in [0.2, 0.25) is 0 Å². The summed E-state index contributed by atoms with van der Waals surface area (Å²) in [6.45, 7) is 4.57. The maximum absolute atomic E-state index is 12.3. The number of likely N-dealkylation sites (tertiary alicyclic amines) is 1. The van der Waals surface area contributed by atoms with Gasteiger partial charge >= 0.3 is 6.03 Å². The molecule has 0 radical (unpaired) electrons. The molecule has 2 unspecified atom stereocenters. The van der Waals surface area contributed by atoms with Crippen molar-refractivity contribution in [1.29, 1.82) is 5.26 Å². The third-order valence-electron chi connectivity index (χ3n) is 7.46. The number of benzene rings is 2. The molecule has 2 aliphatic rings. The Morgan fingerprint density at radius 1 is 1.22 bits per heavy atom. The fraction of sp³-hybridized carbons (Fsp3) is 0.429. The topological polar surface area (TPSA) is 108 Å². The number of rotatable bonds is 6. The molecule has 2 heterocycles. The van der Waals surface area contributed by atoms with Crippen molar-refractivity contribution in [2.75, 3.05) is 20.6 Å². The number of ether oxygens (including phenoxy) is 1. The van der Waals surface area contributed by atoms with Crippen LogP contribution in [-0.4, -0.2) is 64.9 Å². The highest BCUT2D eigenvalue weighted by Crippen LogP contribution is 2.45. The molecule has 3 atom stereocenters. The van der Waals surface area contributed by atoms with Crippen LogP contribution >= 0.6 is 11.3 Å². The van der Waals surface area contributed by atoms with Gasteiger partial charge in [-0.15, -0.1) is 10.2 Å². The zero-order valence-electron chi connectivity index (χ0n) is 21.6. The predicted octanol–water partition coefficient (Wildman–Crippen LogP) is 4.64. The van der Waals surface area contributed by atoms with Crippen LogP contribution < -0.4 is 10.5 Å². The van der Waals surface area contributed by atoms with Gasteiger partial charge in [-0.2, -0.15) is 5.26 Å². The van der Waals surface area contributed by atoms with Crippen LogP contribution in [0.3, 0.4) is 0 Å². The third-order valence-corrected chi connectivity index (χ3v) is 8.47. The molecule has 5 rings (SSSR count). The van der Waals surface area contributed by atoms with Crippen molar-refractivity contribution in [3.8, 4) is 33.0 Å². The molecular weight excluding hydrogens is 484 g/mol. The molecule has 37 heavy (non-hydrogen) atoms. The summed E-state index contributed by atoms with van der Waals surface area (Å²) >= 11 is 1.52. The molecule has 1 fully saturated rings. The Hall–Kier alpha value is -3.48. The molecule has 8 nitrogen and oxygen atoms in total. The van der Waals surface area contributed by atoms with Crippen LogP contribution in [0.4, 0.5) is 4.79 Å². The molecule has 2 amide bonds. The van der Waals surface area contributed by atoms with Crippen molar-refractivity contribution < 1.29 is 9.53 Å². The summed E-state index contributed by atoms with van der Waals surface area (Å²) in [5.74, 6) is 0.808. The van der Waals surface area contributed by atoms with Crippen LogP contribution in [0.15, 0.2) is 36.4 Å². The van der Waals surface area contributed by atoms with E-state index in [1.807, 2.05) is 36.9 Å². The zero-order chi connectivity index (χ0) is 26.3. The van der Waals surface area contributed by atoms with Crippen LogP contribution in [0.5, 0.6) is 5.75 Å². The van der Waals surface area contributed by atoms with Gasteiger partial charge in [-0.1, -0.05) is 29.5 Å². The SMILES string of the molecule is CC(C)Oc1ccc(-c2nnc(-c3cccc4c3CC[C@H]4C3C(N(C)C)CCN3C(N)=O)s2)cc1C#N. The van der Waals surface area contributed by atoms with Crippen molar-refractivity contribution in [3.05, 3.63) is 53.1 Å². The molecule has 192 valence electrons. The molecule has 1 aliphatic carbocycles. The number of nitriles is 1. The predicted molar refractivity (Wildman–Crippen MR) is 144 cm³/mol. The van der Waals surface area contributed by atoms with E-state index in [1.54, 1.807) is 0 Å². The van der Waals surface area contributed by atoms with Gasteiger partial charge in [-0.05, 0) is 76.5 Å². The van der Waals surface area contributed by atoms with Gasteiger partial charge in [0.15, 0.2) is 0 Å². The van der Waals surface area contributed by atoms with Crippen molar-refractivity contribution in [3.63, 3.8) is 0 Å². The van der Waals surface area contributed by atoms with Crippen LogP contribution in [0.2, 0.25) is 0 Å². The Bertz CT molecular complexity index is 1360. The van der Waals surface area contributed by atoms with E-state index in [2.05, 4.69) is 53.5 Å². The first-order valence-corrected chi connectivity index (χ1v) is 13.5. The van der Waals surface area contributed by atoms with E-state index in [0.29, 0.717) is 17.9 Å². The number of nitrogens with zero attached hydrogens (tertiary/aromatic N) is 5. The number of likely N-dealkylation sites (N-methyl/N-ethyl adjacent to an activating group) is 1. The summed E-state index contributed by atoms with van der Waals surface area (Å²) in [5.41, 5.74) is 10.8. The second-order valence-corrected chi connectivity index (χ2v) is 11.2. The smallest absolute Gasteiger partial charge is 0.315 e. The van der Waals surface area contributed by atoms with E-state index in [-0.39, 0.29) is 30.1 Å². The lowest BCUT2D eigenvalue weighted by Crippen LogP contribution is -2.49. The summed E-state index contributed by atoms with van der Waals surface area (Å²) in [5, 5.41) is 20.2. The van der Waals surface area contributed by atoms with Gasteiger partial charge in [-0.25, -0.2) is 4.79 Å². The minimum absolute atomic E-state index is 0.0117. The normalized spacial score (nSPS) is 20.9. The number of aromatic nitrogens is 2. The zero-order valence-corrected chi connectivity index (χ0v) is 22.5. The number of fused-ring (bicyclic) bond motifs is 1. The van der Waals surface area contributed by atoms with Gasteiger partial charge in [0.05, 0.1) is 17.7 Å². The number of carbonyl (C=O) groups excluding carboxylic acids is 1. The molecule has 0 spiro atoms. The van der Waals surface area contributed by atoms with E-state index in [4.69, 9.17) is 10.5 Å². The quantitative estimate of drug-likeness (QED) is 0.511. The van der Waals surface area contributed by atoms with E-state index < -0.39 is 0 Å². The van der Waals surface area contributed by atoms with E-state index >= 15 is 0 Å². The molecule has 0 bridgehead atoms. The van der Waals surface area contributed by atoms with Crippen LogP contribution in [0.25, 0.3) is 21.1 Å². The van der Waals surface area contributed by atoms with Gasteiger partial charge < -0.3 is 20.3 Å². The number of amides is 2. The van der Waals surface area contributed by atoms with E-state index in [9.17, 15) is 10.1 Å². The largest absolute Gasteiger partial charge is 0.490 e. The fourth-order valence-corrected chi connectivity index (χ4v) is 6.79. The number of hydrogen-bond donors (Lipinski definition) is 1. The first kappa shape index (κ1) is 25.2. The summed E-state index contributed by atoms with van der Waals surface area (Å²) in [6, 6.07) is 14.2. The molecule has 9 heteroatoms. The van der Waals surface area contributed by atoms with Crippen molar-refractivity contribution in [2.45, 2.75) is 57.2 Å². The number of hydrogen-bond acceptors (Lipinski definition) is 7. The Balaban J connectivity index is 1.47. The van der Waals surface area contributed by atoms with Crippen molar-refractivity contribution in [1.82, 2.24) is 20.0 Å². The van der Waals surface area contributed by atoms with Crippen LogP contribution in [-0.2, 0) is 6.42 Å². The number of nitrogens with two attached hydrogens (primary N) is 1. The van der Waals surface area contributed by atoms with Gasteiger partial charge in [0, 0.05) is 29.6 Å². The monoisotopic (exact) mass is 516 g/mol. The molecular formula is C28H32N6O2S. The highest BCUT2D eigenvalue weighted by atomic mass is 32.1. The molecule has 2 N–H and O–H groups in total. The Morgan fingerprint density at radius 3 is 2.70 bits per heavy atom. The minimum Gasteiger partial charge on any atom is -0.490 e. The van der Waals surface area contributed by atoms with Crippen molar-refractivity contribution in [2.24, 2.45) is 5.73 Å². The highest BCUT2D eigenvalue weighted by Gasteiger charge is 2.45. The molecule has 0 saturated carbocycles. The van der Waals surface area contributed by atoms with E-state index in [0.717, 1.165) is 40.4 Å². The van der Waals surface area contributed by atoms with Crippen LogP contribution in [0, 0.1) is 11.3 Å². The Labute approximate surface area is 221 Å². The van der Waals surface area contributed by atoms with Crippen molar-refractivity contribution >= 4 is 17.4 Å². The lowest BCUT2D eigenvalue weighted by atomic mass is 9.88. The molecule has 1 saturated heterocycles. The second-order valence-electron chi connectivity index (χ2n) is 10.3. The number of primary amides is 1. The number of urea groups is 1. The fourth-order valence-electron chi connectivity index (χ4n) is 5.90. The number of carbonyl (C=O) groups is 1. The van der Waals surface area contributed by atoms with E-state index in [1.165, 1.54) is 22.5 Å². The first-order valence-electron chi connectivity index (χ1n) is 12.7. The maximum Gasteiger partial charge on any atom is 0.315 e. The highest BCUT2D eigenvalue weighted by molar-refractivity contribution is 7.17. The summed E-state index contributed by atoms with van der Waals surface area (Å²) in [4.78, 5) is 16.4. The average molecular weight is 517 g/mol. The minimum atomic E-state index is -0.339.